The van der Waals surface area contributed by atoms with E-state index in [4.69, 9.17) is 0 Å². The zero-order chi connectivity index (χ0) is 19.1. The minimum atomic E-state index is -1.00. The minimum Gasteiger partial charge on any atom is -0.378 e. The van der Waals surface area contributed by atoms with Crippen LogP contribution in [0.3, 0.4) is 0 Å². The maximum atomic E-state index is 14.0. The van der Waals surface area contributed by atoms with Crippen molar-refractivity contribution in [1.29, 1.82) is 0 Å². The van der Waals surface area contributed by atoms with Crippen LogP contribution in [0.2, 0.25) is 0 Å². The summed E-state index contributed by atoms with van der Waals surface area (Å²) in [6.07, 6.45) is -0.415. The van der Waals surface area contributed by atoms with E-state index >= 15 is 0 Å². The molecule has 4 rings (SSSR count). The van der Waals surface area contributed by atoms with E-state index in [1.54, 1.807) is 6.07 Å². The van der Waals surface area contributed by atoms with Crippen LogP contribution in [0, 0.1) is 0 Å². The first-order valence-electron chi connectivity index (χ1n) is 8.92. The number of nitrogens with one attached hydrogen (secondary N) is 3. The lowest BCUT2D eigenvalue weighted by atomic mass is 10.0. The molecule has 4 amide bonds. The molecule has 9 heteroatoms. The molecule has 1 unspecified atom stereocenters. The molecule has 0 bridgehead atoms. The molecular formula is C18H19FN4O4. The zero-order valence-electron chi connectivity index (χ0n) is 14.5. The fraction of sp³-hybridized carbons (Fsp3) is 0.444. The lowest BCUT2D eigenvalue weighted by molar-refractivity contribution is -0.136. The Balaban J connectivity index is 1.56. The van der Waals surface area contributed by atoms with Crippen LogP contribution in [-0.4, -0.2) is 59.9 Å². The van der Waals surface area contributed by atoms with E-state index in [2.05, 4.69) is 16.0 Å². The molecule has 3 heterocycles. The van der Waals surface area contributed by atoms with Gasteiger partial charge >= 0.3 is 0 Å². The number of piperidine rings is 2. The van der Waals surface area contributed by atoms with Gasteiger partial charge in [-0.05, 0) is 37.6 Å². The van der Waals surface area contributed by atoms with Gasteiger partial charge in [-0.15, -0.1) is 0 Å². The third kappa shape index (κ3) is 3.08. The molecule has 3 atom stereocenters. The average Bonchev–Trinajstić information content (AvgIpc) is 2.88. The number of amides is 4. The number of nitrogens with zero attached hydrogens (tertiary/aromatic N) is 1. The van der Waals surface area contributed by atoms with Crippen LogP contribution in [0.25, 0.3) is 0 Å². The average molecular weight is 374 g/mol. The van der Waals surface area contributed by atoms with Gasteiger partial charge in [0, 0.05) is 18.7 Å². The number of alkyl halides is 1. The molecule has 8 nitrogen and oxygen atoms in total. The summed E-state index contributed by atoms with van der Waals surface area (Å²) in [4.78, 5) is 49.7. The molecule has 3 N–H and O–H groups in total. The number of hydrogen-bond acceptors (Lipinski definition) is 6. The quantitative estimate of drug-likeness (QED) is 0.653. The fourth-order valence-electron chi connectivity index (χ4n) is 3.74. The van der Waals surface area contributed by atoms with Crippen molar-refractivity contribution in [1.82, 2.24) is 15.5 Å². The third-order valence-corrected chi connectivity index (χ3v) is 5.19. The van der Waals surface area contributed by atoms with Crippen LogP contribution in [0.5, 0.6) is 0 Å². The lowest BCUT2D eigenvalue weighted by Crippen LogP contribution is -2.54. The molecule has 0 spiro atoms. The Bertz CT molecular complexity index is 843. The smallest absolute Gasteiger partial charge is 0.262 e. The predicted molar refractivity (Wildman–Crippen MR) is 92.9 cm³/mol. The summed E-state index contributed by atoms with van der Waals surface area (Å²) < 4.78 is 14.0. The summed E-state index contributed by atoms with van der Waals surface area (Å²) >= 11 is 0. The van der Waals surface area contributed by atoms with Gasteiger partial charge in [0.15, 0.2) is 0 Å². The normalized spacial score (nSPS) is 28.2. The van der Waals surface area contributed by atoms with Crippen molar-refractivity contribution < 1.29 is 23.6 Å². The van der Waals surface area contributed by atoms with Crippen LogP contribution < -0.4 is 16.0 Å². The molecule has 0 radical (unpaired) electrons. The number of anilines is 1. The summed E-state index contributed by atoms with van der Waals surface area (Å²) in [5.41, 5.74) is 0.916. The second-order valence-electron chi connectivity index (χ2n) is 6.97. The molecule has 0 aliphatic carbocycles. The molecule has 27 heavy (non-hydrogen) atoms. The summed E-state index contributed by atoms with van der Waals surface area (Å²) in [5.74, 6) is -2.20. The largest absolute Gasteiger partial charge is 0.378 e. The van der Waals surface area contributed by atoms with Gasteiger partial charge in [0.1, 0.15) is 12.2 Å². The van der Waals surface area contributed by atoms with Crippen molar-refractivity contribution in [3.63, 3.8) is 0 Å². The Morgan fingerprint density at radius 3 is 2.59 bits per heavy atom. The maximum absolute atomic E-state index is 14.0. The van der Waals surface area contributed by atoms with Crippen LogP contribution in [0.4, 0.5) is 10.1 Å². The van der Waals surface area contributed by atoms with E-state index < -0.39 is 41.9 Å². The van der Waals surface area contributed by atoms with Gasteiger partial charge in [0.2, 0.25) is 11.8 Å². The number of hydrogen-bond donors (Lipinski definition) is 3. The molecule has 0 aromatic heterocycles. The van der Waals surface area contributed by atoms with Crippen LogP contribution in [-0.2, 0) is 9.59 Å². The molecule has 3 aliphatic rings. The standard InChI is InChI=1S/C18H19FN4O4/c19-12-5-6-20-8-13(12)21-9-1-2-10-11(7-9)18(27)23(17(10)26)14-3-4-15(24)22-16(14)25/h1-2,7,12-14,20-21H,3-6,8H2,(H,22,24,25)/t12-,13+,14?/m1/s1. The van der Waals surface area contributed by atoms with Crippen molar-refractivity contribution in [2.45, 2.75) is 37.5 Å². The summed E-state index contributed by atoms with van der Waals surface area (Å²) in [6, 6.07) is 3.23. The maximum Gasteiger partial charge on any atom is 0.262 e. The monoisotopic (exact) mass is 374 g/mol. The first kappa shape index (κ1) is 17.6. The van der Waals surface area contributed by atoms with Gasteiger partial charge in [-0.3, -0.25) is 29.4 Å². The highest BCUT2D eigenvalue weighted by Gasteiger charge is 2.44. The lowest BCUT2D eigenvalue weighted by Gasteiger charge is -2.28. The van der Waals surface area contributed by atoms with Crippen molar-refractivity contribution in [2.24, 2.45) is 0 Å². The van der Waals surface area contributed by atoms with Crippen LogP contribution in [0.15, 0.2) is 18.2 Å². The number of imide groups is 2. The molecule has 0 saturated carbocycles. The van der Waals surface area contributed by atoms with E-state index in [9.17, 15) is 23.6 Å². The minimum absolute atomic E-state index is 0.0726. The number of rotatable bonds is 3. The number of fused-ring (bicyclic) bond motifs is 1. The Labute approximate surface area is 154 Å². The Hall–Kier alpha value is -2.81. The summed E-state index contributed by atoms with van der Waals surface area (Å²) in [5, 5.41) is 8.33. The van der Waals surface area contributed by atoms with Crippen molar-refractivity contribution in [3.05, 3.63) is 29.3 Å². The van der Waals surface area contributed by atoms with Crippen molar-refractivity contribution in [3.8, 4) is 0 Å². The van der Waals surface area contributed by atoms with Gasteiger partial charge in [-0.2, -0.15) is 0 Å². The highest BCUT2D eigenvalue weighted by atomic mass is 19.1. The molecular weight excluding hydrogens is 355 g/mol. The second-order valence-corrected chi connectivity index (χ2v) is 6.97. The van der Waals surface area contributed by atoms with E-state index in [0.29, 0.717) is 25.2 Å². The SMILES string of the molecule is O=C1CCC(N2C(=O)c3ccc(N[C@H]4CNCC[C@H]4F)cc3C2=O)C(=O)N1. The van der Waals surface area contributed by atoms with Gasteiger partial charge in [-0.1, -0.05) is 0 Å². The van der Waals surface area contributed by atoms with Gasteiger partial charge in [-0.25, -0.2) is 4.39 Å². The second kappa shape index (κ2) is 6.73. The van der Waals surface area contributed by atoms with E-state index in [1.165, 1.54) is 12.1 Å². The van der Waals surface area contributed by atoms with Crippen molar-refractivity contribution >= 4 is 29.3 Å². The van der Waals surface area contributed by atoms with Crippen LogP contribution in [0.1, 0.15) is 40.0 Å². The fourth-order valence-corrected chi connectivity index (χ4v) is 3.74. The zero-order valence-corrected chi connectivity index (χ0v) is 14.5. The predicted octanol–water partition coefficient (Wildman–Crippen LogP) is 0.200. The van der Waals surface area contributed by atoms with Gasteiger partial charge < -0.3 is 10.6 Å². The first-order chi connectivity index (χ1) is 13.0. The molecule has 3 aliphatic heterocycles. The molecule has 2 saturated heterocycles. The Morgan fingerprint density at radius 2 is 1.85 bits per heavy atom. The van der Waals surface area contributed by atoms with E-state index in [0.717, 1.165) is 4.90 Å². The molecule has 1 aromatic rings. The first-order valence-corrected chi connectivity index (χ1v) is 8.92. The van der Waals surface area contributed by atoms with Crippen LogP contribution >= 0.6 is 0 Å². The van der Waals surface area contributed by atoms with E-state index in [1.807, 2.05) is 0 Å². The van der Waals surface area contributed by atoms with Gasteiger partial charge in [0.05, 0.1) is 17.2 Å². The summed E-state index contributed by atoms with van der Waals surface area (Å²) in [6.45, 7) is 1.09. The van der Waals surface area contributed by atoms with E-state index in [-0.39, 0.29) is 24.0 Å². The molecule has 1 aromatic carbocycles. The highest BCUT2D eigenvalue weighted by molar-refractivity contribution is 6.23. The number of halogens is 1. The number of carbonyl (C=O) groups excluding carboxylic acids is 4. The molecule has 2 fully saturated rings. The highest BCUT2D eigenvalue weighted by Crippen LogP contribution is 2.30. The third-order valence-electron chi connectivity index (χ3n) is 5.19. The molecule has 142 valence electrons. The number of carbonyl (C=O) groups is 4. The van der Waals surface area contributed by atoms with Crippen molar-refractivity contribution in [2.75, 3.05) is 18.4 Å². The Kier molecular flexibility index (Phi) is 4.39. The van der Waals surface area contributed by atoms with Gasteiger partial charge in [0.25, 0.3) is 11.8 Å². The Morgan fingerprint density at radius 1 is 1.07 bits per heavy atom. The topological polar surface area (TPSA) is 108 Å². The summed E-state index contributed by atoms with van der Waals surface area (Å²) in [7, 11) is 0. The number of benzene rings is 1.